The van der Waals surface area contributed by atoms with Crippen molar-refractivity contribution in [2.45, 2.75) is 0 Å². The van der Waals surface area contributed by atoms with E-state index in [1.807, 2.05) is 0 Å². The van der Waals surface area contributed by atoms with Gasteiger partial charge in [-0.3, -0.25) is 27.9 Å². The summed E-state index contributed by atoms with van der Waals surface area (Å²) in [5.41, 5.74) is -1.31. The zero-order valence-corrected chi connectivity index (χ0v) is 11.2. The van der Waals surface area contributed by atoms with Crippen molar-refractivity contribution in [3.63, 3.8) is 0 Å². The number of carbonyl (C=O) groups is 1. The molecule has 0 aliphatic heterocycles. The van der Waals surface area contributed by atoms with E-state index in [2.05, 4.69) is 4.98 Å². The fourth-order valence-electron chi connectivity index (χ4n) is 2.22. The Morgan fingerprint density at radius 2 is 1.81 bits per heavy atom. The van der Waals surface area contributed by atoms with Crippen LogP contribution in [-0.2, 0) is 14.1 Å². The zero-order valence-electron chi connectivity index (χ0n) is 11.2. The van der Waals surface area contributed by atoms with Crippen molar-refractivity contribution >= 4 is 23.0 Å². The third-order valence-electron chi connectivity index (χ3n) is 3.38. The van der Waals surface area contributed by atoms with Gasteiger partial charge in [0.1, 0.15) is 17.3 Å². The number of aromatic nitrogens is 4. The summed E-state index contributed by atoms with van der Waals surface area (Å²) in [5, 5.41) is -0.170. The normalized spacial score (nSPS) is 11.1. The van der Waals surface area contributed by atoms with Gasteiger partial charge >= 0.3 is 5.69 Å². The molecule has 3 aromatic rings. The lowest BCUT2D eigenvalue weighted by Gasteiger charge is -2.08. The minimum Gasteiger partial charge on any atom is -0.298 e. The number of carbonyl (C=O) groups excluding carboxylic acids is 1. The number of hydrogen-bond acceptors (Lipinski definition) is 5. The molecule has 0 saturated heterocycles. The van der Waals surface area contributed by atoms with Gasteiger partial charge in [-0.15, -0.1) is 0 Å². The second kappa shape index (κ2) is 4.23. The molecule has 0 spiro atoms. The Balaban J connectivity index is 2.70. The second-order valence-electron chi connectivity index (χ2n) is 4.63. The molecule has 3 aromatic heterocycles. The van der Waals surface area contributed by atoms with Crippen LogP contribution < -0.4 is 16.8 Å². The summed E-state index contributed by atoms with van der Waals surface area (Å²) in [5.74, 6) is 0. The van der Waals surface area contributed by atoms with E-state index >= 15 is 0 Å². The number of aryl methyl sites for hydroxylation is 1. The van der Waals surface area contributed by atoms with Gasteiger partial charge in [0.2, 0.25) is 0 Å². The predicted molar refractivity (Wildman–Crippen MR) is 74.8 cm³/mol. The first-order valence-corrected chi connectivity index (χ1v) is 6.03. The summed E-state index contributed by atoms with van der Waals surface area (Å²) in [6, 6.07) is 2.86. The molecule has 106 valence electrons. The maximum Gasteiger partial charge on any atom is 0.332 e. The molecule has 21 heavy (non-hydrogen) atoms. The van der Waals surface area contributed by atoms with Crippen molar-refractivity contribution in [3.05, 3.63) is 55.1 Å². The fraction of sp³-hybridized carbons (Fsp3) is 0.154. The van der Waals surface area contributed by atoms with Crippen molar-refractivity contribution in [2.24, 2.45) is 14.1 Å². The van der Waals surface area contributed by atoms with Crippen LogP contribution in [0.1, 0.15) is 10.4 Å². The fourth-order valence-corrected chi connectivity index (χ4v) is 2.22. The molecule has 0 N–H and O–H groups in total. The Bertz CT molecular complexity index is 1090. The van der Waals surface area contributed by atoms with Gasteiger partial charge < -0.3 is 0 Å². The molecule has 0 aliphatic rings. The zero-order chi connectivity index (χ0) is 15.3. The lowest BCUT2D eigenvalue weighted by Crippen LogP contribution is -2.40. The molecule has 0 aliphatic carbocycles. The first-order valence-electron chi connectivity index (χ1n) is 6.03. The maximum absolute atomic E-state index is 12.4. The Morgan fingerprint density at radius 3 is 2.48 bits per heavy atom. The number of aldehydes is 1. The summed E-state index contributed by atoms with van der Waals surface area (Å²) in [6.07, 6.45) is 2.00. The van der Waals surface area contributed by atoms with Crippen LogP contribution in [0, 0.1) is 0 Å². The third-order valence-corrected chi connectivity index (χ3v) is 3.38. The number of nitrogens with zero attached hydrogens (tertiary/aromatic N) is 4. The summed E-state index contributed by atoms with van der Waals surface area (Å²) in [7, 11) is 2.73. The van der Waals surface area contributed by atoms with Crippen molar-refractivity contribution in [1.82, 2.24) is 18.5 Å². The Kier molecular flexibility index (Phi) is 2.62. The monoisotopic (exact) mass is 286 g/mol. The van der Waals surface area contributed by atoms with Crippen LogP contribution in [0.4, 0.5) is 0 Å². The van der Waals surface area contributed by atoms with Crippen LogP contribution in [0.25, 0.3) is 16.7 Å². The summed E-state index contributed by atoms with van der Waals surface area (Å²) < 4.78 is 3.16. The van der Waals surface area contributed by atoms with Gasteiger partial charge in [-0.25, -0.2) is 9.78 Å². The number of hydrogen-bond donors (Lipinski definition) is 0. The summed E-state index contributed by atoms with van der Waals surface area (Å²) >= 11 is 0. The van der Waals surface area contributed by atoms with Gasteiger partial charge in [-0.2, -0.15) is 0 Å². The Labute approximate surface area is 116 Å². The van der Waals surface area contributed by atoms with Gasteiger partial charge in [0, 0.05) is 25.9 Å². The van der Waals surface area contributed by atoms with Gasteiger partial charge in [-0.1, -0.05) is 0 Å². The topological polar surface area (TPSA) is 95.4 Å². The molecular formula is C13H10N4O4. The molecule has 0 atom stereocenters. The molecule has 0 aromatic carbocycles. The van der Waals surface area contributed by atoms with E-state index in [0.717, 1.165) is 9.13 Å². The first-order chi connectivity index (χ1) is 9.95. The summed E-state index contributed by atoms with van der Waals surface area (Å²) in [6.45, 7) is 0. The van der Waals surface area contributed by atoms with Gasteiger partial charge in [-0.05, 0) is 12.1 Å². The molecule has 0 radical (unpaired) electrons. The average molecular weight is 286 g/mol. The highest BCUT2D eigenvalue weighted by Crippen LogP contribution is 2.05. The van der Waals surface area contributed by atoms with Crippen molar-refractivity contribution in [2.75, 3.05) is 0 Å². The van der Waals surface area contributed by atoms with E-state index in [1.54, 1.807) is 0 Å². The van der Waals surface area contributed by atoms with Crippen molar-refractivity contribution in [1.29, 1.82) is 0 Å². The van der Waals surface area contributed by atoms with E-state index in [9.17, 15) is 19.2 Å². The molecular weight excluding hydrogens is 276 g/mol. The molecule has 8 heteroatoms. The predicted octanol–water partition coefficient (Wildman–Crippen LogP) is -0.942. The number of rotatable bonds is 1. The minimum absolute atomic E-state index is 0.00357. The highest BCUT2D eigenvalue weighted by atomic mass is 16.2. The second-order valence-corrected chi connectivity index (χ2v) is 4.63. The van der Waals surface area contributed by atoms with E-state index in [-0.39, 0.29) is 16.7 Å². The molecule has 0 amide bonds. The largest absolute Gasteiger partial charge is 0.332 e. The Morgan fingerprint density at radius 1 is 1.10 bits per heavy atom. The molecule has 8 nitrogen and oxygen atoms in total. The first kappa shape index (κ1) is 13.0. The van der Waals surface area contributed by atoms with Crippen molar-refractivity contribution < 1.29 is 4.79 Å². The van der Waals surface area contributed by atoms with Gasteiger partial charge in [0.25, 0.3) is 11.1 Å². The van der Waals surface area contributed by atoms with E-state index < -0.39 is 16.8 Å². The van der Waals surface area contributed by atoms with Crippen LogP contribution in [-0.4, -0.2) is 24.8 Å². The van der Waals surface area contributed by atoms with Crippen LogP contribution in [0.3, 0.4) is 0 Å². The van der Waals surface area contributed by atoms with Crippen LogP contribution in [0.15, 0.2) is 32.7 Å². The number of pyridine rings is 1. The van der Waals surface area contributed by atoms with Crippen LogP contribution in [0.2, 0.25) is 0 Å². The van der Waals surface area contributed by atoms with Gasteiger partial charge in [0.05, 0.1) is 0 Å². The van der Waals surface area contributed by atoms with E-state index in [0.29, 0.717) is 11.8 Å². The molecule has 0 unspecified atom stereocenters. The van der Waals surface area contributed by atoms with E-state index in [4.69, 9.17) is 0 Å². The highest BCUT2D eigenvalue weighted by Gasteiger charge is 2.15. The Hall–Kier alpha value is -3.03. The van der Waals surface area contributed by atoms with Gasteiger partial charge in [0.15, 0.2) is 5.65 Å². The smallest absolute Gasteiger partial charge is 0.298 e. The standard InChI is InChI=1S/C13H10N4O4/c1-15-10-9(11(19)16(2)13(15)21)12(20)17-4-3-7(6-18)5-8(17)14-10/h3-6H,1-2H3. The summed E-state index contributed by atoms with van der Waals surface area (Å²) in [4.78, 5) is 51.4. The van der Waals surface area contributed by atoms with Crippen LogP contribution in [0.5, 0.6) is 0 Å². The molecule has 0 fully saturated rings. The SMILES string of the molecule is Cn1c(=O)c2c(=O)n3ccc(C=O)cc3nc2n(C)c1=O. The minimum atomic E-state index is -0.695. The van der Waals surface area contributed by atoms with Crippen molar-refractivity contribution in [3.8, 4) is 0 Å². The average Bonchev–Trinajstić information content (AvgIpc) is 2.50. The third kappa shape index (κ3) is 1.65. The maximum atomic E-state index is 12.4. The highest BCUT2D eigenvalue weighted by molar-refractivity contribution is 5.79. The lowest BCUT2D eigenvalue weighted by molar-refractivity contribution is 0.112. The number of fused-ring (bicyclic) bond motifs is 2. The van der Waals surface area contributed by atoms with Crippen LogP contribution >= 0.6 is 0 Å². The lowest BCUT2D eigenvalue weighted by atomic mass is 10.3. The molecule has 0 saturated carbocycles. The quantitative estimate of drug-likeness (QED) is 0.425. The molecule has 3 rings (SSSR count). The molecule has 0 bridgehead atoms. The van der Waals surface area contributed by atoms with E-state index in [1.165, 1.54) is 36.8 Å². The molecule has 3 heterocycles.